The van der Waals surface area contributed by atoms with Gasteiger partial charge in [-0.2, -0.15) is 0 Å². The Morgan fingerprint density at radius 2 is 1.56 bits per heavy atom. The normalized spacial score (nSPS) is 15.4. The molecule has 1 saturated heterocycles. The highest BCUT2D eigenvalue weighted by Gasteiger charge is 2.35. The lowest BCUT2D eigenvalue weighted by Crippen LogP contribution is -2.42. The molecule has 130 valence electrons. The highest BCUT2D eigenvalue weighted by atomic mass is 16.5. The third-order valence-electron chi connectivity index (χ3n) is 4.50. The van der Waals surface area contributed by atoms with E-state index in [1.165, 1.54) is 4.90 Å². The number of methoxy groups -OCH3 is 2. The van der Waals surface area contributed by atoms with Gasteiger partial charge in [-0.1, -0.05) is 17.7 Å². The van der Waals surface area contributed by atoms with Gasteiger partial charge in [0.1, 0.15) is 11.5 Å². The molecular weight excluding hydrogens is 318 g/mol. The van der Waals surface area contributed by atoms with Gasteiger partial charge in [-0.3, -0.25) is 14.5 Å². The van der Waals surface area contributed by atoms with Gasteiger partial charge in [0.05, 0.1) is 19.9 Å². The highest BCUT2D eigenvalue weighted by molar-refractivity contribution is 6.17. The maximum absolute atomic E-state index is 12.7. The van der Waals surface area contributed by atoms with Gasteiger partial charge in [0.2, 0.25) is 11.8 Å². The minimum Gasteiger partial charge on any atom is -0.497 e. The molecule has 0 bridgehead atoms. The summed E-state index contributed by atoms with van der Waals surface area (Å²) in [5.74, 6) is 0.839. The zero-order valence-electron chi connectivity index (χ0n) is 14.6. The zero-order chi connectivity index (χ0) is 18.0. The van der Waals surface area contributed by atoms with Crippen LogP contribution in [0.1, 0.15) is 29.9 Å². The second-order valence-corrected chi connectivity index (χ2v) is 6.17. The van der Waals surface area contributed by atoms with Crippen LogP contribution in [0.3, 0.4) is 0 Å². The molecule has 2 aromatic carbocycles. The molecule has 25 heavy (non-hydrogen) atoms. The minimum absolute atomic E-state index is 0.163. The van der Waals surface area contributed by atoms with Crippen LogP contribution >= 0.6 is 0 Å². The molecule has 0 radical (unpaired) electrons. The smallest absolute Gasteiger partial charge is 0.234 e. The minimum atomic E-state index is -0.199. The molecule has 0 saturated carbocycles. The molecule has 5 heteroatoms. The van der Waals surface area contributed by atoms with Crippen molar-refractivity contribution in [3.63, 3.8) is 0 Å². The Labute approximate surface area is 147 Å². The number of carbonyl (C=O) groups excluding carboxylic acids is 2. The second kappa shape index (κ2) is 6.97. The number of anilines is 1. The standard InChI is InChI=1S/C20H21NO4/c1-13-4-9-18(25-3)17(10-13)14-11-19(22)21(20(23)12-14)15-5-7-16(24-2)8-6-15/h4-10,14H,11-12H2,1-3H3. The number of hydrogen-bond acceptors (Lipinski definition) is 4. The topological polar surface area (TPSA) is 55.8 Å². The molecule has 0 atom stereocenters. The Balaban J connectivity index is 1.86. The number of ether oxygens (including phenoxy) is 2. The predicted molar refractivity (Wildman–Crippen MR) is 95.2 cm³/mol. The molecule has 3 rings (SSSR count). The third kappa shape index (κ3) is 3.36. The lowest BCUT2D eigenvalue weighted by atomic mass is 9.87. The zero-order valence-corrected chi connectivity index (χ0v) is 14.6. The van der Waals surface area contributed by atoms with Crippen LogP contribution in [0.4, 0.5) is 5.69 Å². The van der Waals surface area contributed by atoms with Crippen LogP contribution in [0, 0.1) is 6.92 Å². The number of piperidine rings is 1. The molecule has 0 aromatic heterocycles. The van der Waals surface area contributed by atoms with Gasteiger partial charge in [0, 0.05) is 18.8 Å². The fraction of sp³-hybridized carbons (Fsp3) is 0.300. The number of rotatable bonds is 4. The Morgan fingerprint density at radius 1 is 0.920 bits per heavy atom. The fourth-order valence-electron chi connectivity index (χ4n) is 3.23. The van der Waals surface area contributed by atoms with Crippen molar-refractivity contribution in [2.24, 2.45) is 0 Å². The first-order valence-electron chi connectivity index (χ1n) is 8.18. The van der Waals surface area contributed by atoms with Crippen LogP contribution < -0.4 is 14.4 Å². The van der Waals surface area contributed by atoms with E-state index in [9.17, 15) is 9.59 Å². The van der Waals surface area contributed by atoms with Crippen molar-refractivity contribution in [2.45, 2.75) is 25.7 Å². The number of hydrogen-bond donors (Lipinski definition) is 0. The van der Waals surface area contributed by atoms with E-state index in [1.807, 2.05) is 25.1 Å². The highest BCUT2D eigenvalue weighted by Crippen LogP contribution is 2.37. The molecule has 2 aromatic rings. The van der Waals surface area contributed by atoms with E-state index in [4.69, 9.17) is 9.47 Å². The van der Waals surface area contributed by atoms with Gasteiger partial charge >= 0.3 is 0 Å². The fourth-order valence-corrected chi connectivity index (χ4v) is 3.23. The van der Waals surface area contributed by atoms with Crippen LogP contribution in [-0.4, -0.2) is 26.0 Å². The molecule has 5 nitrogen and oxygen atoms in total. The molecule has 0 aliphatic carbocycles. The van der Waals surface area contributed by atoms with Crippen molar-refractivity contribution in [1.82, 2.24) is 0 Å². The van der Waals surface area contributed by atoms with E-state index < -0.39 is 0 Å². The van der Waals surface area contributed by atoms with Crippen molar-refractivity contribution in [3.8, 4) is 11.5 Å². The Kier molecular flexibility index (Phi) is 4.74. The summed E-state index contributed by atoms with van der Waals surface area (Å²) < 4.78 is 10.5. The summed E-state index contributed by atoms with van der Waals surface area (Å²) in [7, 11) is 3.18. The van der Waals surface area contributed by atoms with Gasteiger partial charge in [0.15, 0.2) is 0 Å². The summed E-state index contributed by atoms with van der Waals surface area (Å²) in [6, 6.07) is 12.8. The van der Waals surface area contributed by atoms with Gasteiger partial charge < -0.3 is 9.47 Å². The number of aryl methyl sites for hydroxylation is 1. The Hall–Kier alpha value is -2.82. The monoisotopic (exact) mass is 339 g/mol. The first-order chi connectivity index (χ1) is 12.0. The van der Waals surface area contributed by atoms with E-state index >= 15 is 0 Å². The molecule has 1 aliphatic rings. The summed E-state index contributed by atoms with van der Waals surface area (Å²) in [6.45, 7) is 1.99. The quantitative estimate of drug-likeness (QED) is 0.801. The van der Waals surface area contributed by atoms with E-state index in [-0.39, 0.29) is 30.6 Å². The van der Waals surface area contributed by atoms with Crippen LogP contribution in [0.15, 0.2) is 42.5 Å². The predicted octanol–water partition coefficient (Wildman–Crippen LogP) is 3.45. The number of nitrogens with zero attached hydrogens (tertiary/aromatic N) is 1. The first-order valence-corrected chi connectivity index (χ1v) is 8.18. The molecule has 0 spiro atoms. The summed E-state index contributed by atoms with van der Waals surface area (Å²) in [4.78, 5) is 26.6. The molecule has 0 unspecified atom stereocenters. The van der Waals surface area contributed by atoms with Gasteiger partial charge in [0.25, 0.3) is 0 Å². The van der Waals surface area contributed by atoms with E-state index in [0.29, 0.717) is 17.2 Å². The number of amides is 2. The number of imide groups is 1. The largest absolute Gasteiger partial charge is 0.497 e. The first kappa shape index (κ1) is 17.0. The molecule has 1 fully saturated rings. The molecule has 1 heterocycles. The van der Waals surface area contributed by atoms with E-state index in [2.05, 4.69) is 0 Å². The molecule has 0 N–H and O–H groups in total. The van der Waals surface area contributed by atoms with E-state index in [0.717, 1.165) is 11.1 Å². The maximum Gasteiger partial charge on any atom is 0.234 e. The van der Waals surface area contributed by atoms with Crippen LogP contribution in [0.25, 0.3) is 0 Å². The average molecular weight is 339 g/mol. The van der Waals surface area contributed by atoms with Crippen molar-refractivity contribution in [3.05, 3.63) is 53.6 Å². The number of benzene rings is 2. The van der Waals surface area contributed by atoms with Gasteiger partial charge in [-0.15, -0.1) is 0 Å². The SMILES string of the molecule is COc1ccc(N2C(=O)CC(c3cc(C)ccc3OC)CC2=O)cc1. The van der Waals surface area contributed by atoms with Gasteiger partial charge in [-0.05, 0) is 42.8 Å². The average Bonchev–Trinajstić information content (AvgIpc) is 2.61. The van der Waals surface area contributed by atoms with Crippen molar-refractivity contribution >= 4 is 17.5 Å². The Bertz CT molecular complexity index is 780. The summed E-state index contributed by atoms with van der Waals surface area (Å²) in [6.07, 6.45) is 0.551. The molecule has 2 amide bonds. The number of carbonyl (C=O) groups is 2. The second-order valence-electron chi connectivity index (χ2n) is 6.17. The third-order valence-corrected chi connectivity index (χ3v) is 4.50. The maximum atomic E-state index is 12.7. The Morgan fingerprint density at radius 3 is 2.12 bits per heavy atom. The molecular formula is C20H21NO4. The summed E-state index contributed by atoms with van der Waals surface area (Å²) >= 11 is 0. The van der Waals surface area contributed by atoms with Gasteiger partial charge in [-0.25, -0.2) is 0 Å². The van der Waals surface area contributed by atoms with Crippen molar-refractivity contribution in [2.75, 3.05) is 19.1 Å². The lowest BCUT2D eigenvalue weighted by Gasteiger charge is -2.31. The van der Waals surface area contributed by atoms with Crippen molar-refractivity contribution < 1.29 is 19.1 Å². The van der Waals surface area contributed by atoms with Crippen molar-refractivity contribution in [1.29, 1.82) is 0 Å². The summed E-state index contributed by atoms with van der Waals surface area (Å²) in [5, 5.41) is 0. The van der Waals surface area contributed by atoms with Crippen LogP contribution in [0.5, 0.6) is 11.5 Å². The lowest BCUT2D eigenvalue weighted by molar-refractivity contribution is -0.129. The van der Waals surface area contributed by atoms with Crippen LogP contribution in [-0.2, 0) is 9.59 Å². The molecule has 1 aliphatic heterocycles. The van der Waals surface area contributed by atoms with Crippen LogP contribution in [0.2, 0.25) is 0 Å². The summed E-state index contributed by atoms with van der Waals surface area (Å²) in [5.41, 5.74) is 2.57. The van der Waals surface area contributed by atoms with E-state index in [1.54, 1.807) is 38.5 Å².